The molecule has 2 fully saturated rings. The first kappa shape index (κ1) is 11.4. The number of rotatable bonds is 4. The topological polar surface area (TPSA) is 32.5 Å². The molecule has 0 amide bonds. The molecule has 2 heterocycles. The number of piperidine rings is 1. The molecule has 3 heteroatoms. The number of nitrogens with zero attached hydrogens (tertiary/aromatic N) is 2. The van der Waals surface area contributed by atoms with Crippen LogP contribution in [0.3, 0.4) is 0 Å². The summed E-state index contributed by atoms with van der Waals surface area (Å²) in [5, 5.41) is 0. The number of hydrogen-bond donors (Lipinski definition) is 1. The van der Waals surface area contributed by atoms with Crippen LogP contribution in [-0.4, -0.2) is 55.1 Å². The smallest absolute Gasteiger partial charge is 0.0235 e. The molecule has 2 saturated heterocycles. The summed E-state index contributed by atoms with van der Waals surface area (Å²) in [5.41, 5.74) is 5.55. The summed E-state index contributed by atoms with van der Waals surface area (Å²) in [4.78, 5) is 5.30. The molecule has 2 aliphatic rings. The summed E-state index contributed by atoms with van der Waals surface area (Å²) in [6.45, 7) is 7.32. The third kappa shape index (κ3) is 3.16. The van der Waals surface area contributed by atoms with Crippen molar-refractivity contribution < 1.29 is 0 Å². The number of hydrogen-bond acceptors (Lipinski definition) is 3. The first-order chi connectivity index (χ1) is 7.40. The highest BCUT2D eigenvalue weighted by molar-refractivity contribution is 4.84. The normalized spacial score (nSPS) is 29.8. The summed E-state index contributed by atoms with van der Waals surface area (Å²) < 4.78 is 0. The summed E-state index contributed by atoms with van der Waals surface area (Å²) >= 11 is 0. The molecule has 1 unspecified atom stereocenters. The molecule has 0 aromatic carbocycles. The lowest BCUT2D eigenvalue weighted by molar-refractivity contribution is 0.162. The Morgan fingerprint density at radius 1 is 1.07 bits per heavy atom. The minimum Gasteiger partial charge on any atom is -0.330 e. The van der Waals surface area contributed by atoms with Gasteiger partial charge in [0.05, 0.1) is 0 Å². The molecule has 0 aromatic rings. The summed E-state index contributed by atoms with van der Waals surface area (Å²) in [7, 11) is 0. The van der Waals surface area contributed by atoms with E-state index in [1.54, 1.807) is 0 Å². The van der Waals surface area contributed by atoms with Gasteiger partial charge in [-0.2, -0.15) is 0 Å². The molecule has 2 aliphatic heterocycles. The average molecular weight is 211 g/mol. The third-order valence-electron chi connectivity index (χ3n) is 3.83. The van der Waals surface area contributed by atoms with Crippen molar-refractivity contribution in [1.82, 2.24) is 9.80 Å². The predicted molar refractivity (Wildman–Crippen MR) is 63.9 cm³/mol. The lowest BCUT2D eigenvalue weighted by atomic mass is 10.1. The van der Waals surface area contributed by atoms with Crippen molar-refractivity contribution in [3.8, 4) is 0 Å². The van der Waals surface area contributed by atoms with Gasteiger partial charge >= 0.3 is 0 Å². The van der Waals surface area contributed by atoms with Crippen LogP contribution in [0.5, 0.6) is 0 Å². The zero-order chi connectivity index (χ0) is 10.5. The Morgan fingerprint density at radius 3 is 2.60 bits per heavy atom. The monoisotopic (exact) mass is 211 g/mol. The Kier molecular flexibility index (Phi) is 4.42. The Balaban J connectivity index is 1.71. The highest BCUT2D eigenvalue weighted by atomic mass is 15.3. The zero-order valence-corrected chi connectivity index (χ0v) is 9.83. The van der Waals surface area contributed by atoms with Gasteiger partial charge in [0.1, 0.15) is 0 Å². The van der Waals surface area contributed by atoms with Gasteiger partial charge in [0, 0.05) is 12.6 Å². The molecule has 88 valence electrons. The van der Waals surface area contributed by atoms with Gasteiger partial charge in [-0.15, -0.1) is 0 Å². The molecule has 3 nitrogen and oxygen atoms in total. The Morgan fingerprint density at radius 2 is 1.87 bits per heavy atom. The zero-order valence-electron chi connectivity index (χ0n) is 9.83. The average Bonchev–Trinajstić information content (AvgIpc) is 2.76. The molecule has 0 saturated carbocycles. The first-order valence-corrected chi connectivity index (χ1v) is 6.56. The second-order valence-corrected chi connectivity index (χ2v) is 4.98. The Labute approximate surface area is 93.6 Å². The van der Waals surface area contributed by atoms with Crippen molar-refractivity contribution in [1.29, 1.82) is 0 Å². The fraction of sp³-hybridized carbons (Fsp3) is 1.00. The largest absolute Gasteiger partial charge is 0.330 e. The van der Waals surface area contributed by atoms with Crippen LogP contribution in [0.15, 0.2) is 0 Å². The Bertz CT molecular complexity index is 178. The maximum Gasteiger partial charge on any atom is 0.0235 e. The second-order valence-electron chi connectivity index (χ2n) is 4.98. The van der Waals surface area contributed by atoms with Crippen LogP contribution in [0.1, 0.15) is 32.1 Å². The first-order valence-electron chi connectivity index (χ1n) is 6.56. The standard InChI is InChI=1S/C12H25N3/c13-6-4-7-14-10-5-12(11-14)15-8-2-1-3-9-15/h12H,1-11,13H2. The van der Waals surface area contributed by atoms with E-state index in [0.717, 1.165) is 19.0 Å². The van der Waals surface area contributed by atoms with Crippen LogP contribution < -0.4 is 5.73 Å². The van der Waals surface area contributed by atoms with E-state index < -0.39 is 0 Å². The van der Waals surface area contributed by atoms with E-state index in [1.165, 1.54) is 58.4 Å². The quantitative estimate of drug-likeness (QED) is 0.750. The van der Waals surface area contributed by atoms with Gasteiger partial charge in [-0.1, -0.05) is 6.42 Å². The van der Waals surface area contributed by atoms with Crippen molar-refractivity contribution >= 4 is 0 Å². The summed E-state index contributed by atoms with van der Waals surface area (Å²) in [6, 6.07) is 0.850. The van der Waals surface area contributed by atoms with Crippen LogP contribution in [0.25, 0.3) is 0 Å². The number of likely N-dealkylation sites (tertiary alicyclic amines) is 2. The lowest BCUT2D eigenvalue weighted by Crippen LogP contribution is -2.41. The molecular weight excluding hydrogens is 186 g/mol. The van der Waals surface area contributed by atoms with Gasteiger partial charge in [-0.25, -0.2) is 0 Å². The molecule has 0 spiro atoms. The second kappa shape index (κ2) is 5.83. The van der Waals surface area contributed by atoms with E-state index in [9.17, 15) is 0 Å². The van der Waals surface area contributed by atoms with Crippen LogP contribution in [0.4, 0.5) is 0 Å². The van der Waals surface area contributed by atoms with Crippen LogP contribution in [-0.2, 0) is 0 Å². The maximum atomic E-state index is 5.55. The fourth-order valence-corrected chi connectivity index (χ4v) is 2.91. The van der Waals surface area contributed by atoms with Gasteiger partial charge in [-0.05, 0) is 58.4 Å². The minimum atomic E-state index is 0.838. The van der Waals surface area contributed by atoms with E-state index in [4.69, 9.17) is 5.73 Å². The molecule has 0 radical (unpaired) electrons. The van der Waals surface area contributed by atoms with Gasteiger partial charge < -0.3 is 10.6 Å². The van der Waals surface area contributed by atoms with Crippen molar-refractivity contribution in [3.05, 3.63) is 0 Å². The molecule has 1 atom stereocenters. The minimum absolute atomic E-state index is 0.838. The van der Waals surface area contributed by atoms with E-state index >= 15 is 0 Å². The molecule has 0 bridgehead atoms. The molecular formula is C12H25N3. The maximum absolute atomic E-state index is 5.55. The van der Waals surface area contributed by atoms with E-state index in [2.05, 4.69) is 9.80 Å². The van der Waals surface area contributed by atoms with E-state index in [1.807, 2.05) is 0 Å². The SMILES string of the molecule is NCCCN1CCC(N2CCCCC2)C1. The van der Waals surface area contributed by atoms with Crippen LogP contribution in [0.2, 0.25) is 0 Å². The molecule has 2 N–H and O–H groups in total. The molecule has 0 aliphatic carbocycles. The van der Waals surface area contributed by atoms with Crippen molar-refractivity contribution in [2.75, 3.05) is 39.3 Å². The highest BCUT2D eigenvalue weighted by Gasteiger charge is 2.27. The summed E-state index contributed by atoms with van der Waals surface area (Å²) in [6.07, 6.45) is 6.82. The van der Waals surface area contributed by atoms with Gasteiger partial charge in [0.15, 0.2) is 0 Å². The number of nitrogens with two attached hydrogens (primary N) is 1. The third-order valence-corrected chi connectivity index (χ3v) is 3.83. The van der Waals surface area contributed by atoms with Crippen molar-refractivity contribution in [2.45, 2.75) is 38.1 Å². The van der Waals surface area contributed by atoms with Gasteiger partial charge in [-0.3, -0.25) is 4.90 Å². The van der Waals surface area contributed by atoms with Gasteiger partial charge in [0.25, 0.3) is 0 Å². The van der Waals surface area contributed by atoms with E-state index in [-0.39, 0.29) is 0 Å². The lowest BCUT2D eigenvalue weighted by Gasteiger charge is -2.32. The van der Waals surface area contributed by atoms with Crippen LogP contribution >= 0.6 is 0 Å². The fourth-order valence-electron chi connectivity index (χ4n) is 2.91. The predicted octanol–water partition coefficient (Wildman–Crippen LogP) is 0.895. The molecule has 15 heavy (non-hydrogen) atoms. The van der Waals surface area contributed by atoms with E-state index in [0.29, 0.717) is 0 Å². The molecule has 0 aromatic heterocycles. The highest BCUT2D eigenvalue weighted by Crippen LogP contribution is 2.19. The van der Waals surface area contributed by atoms with Crippen LogP contribution in [0, 0.1) is 0 Å². The van der Waals surface area contributed by atoms with Crippen molar-refractivity contribution in [3.63, 3.8) is 0 Å². The van der Waals surface area contributed by atoms with Gasteiger partial charge in [0.2, 0.25) is 0 Å². The van der Waals surface area contributed by atoms with Crippen molar-refractivity contribution in [2.24, 2.45) is 5.73 Å². The Hall–Kier alpha value is -0.120. The summed E-state index contributed by atoms with van der Waals surface area (Å²) in [5.74, 6) is 0. The molecule has 2 rings (SSSR count).